The molecule has 0 fully saturated rings. The molecule has 2 atom stereocenters. The van der Waals surface area contributed by atoms with Crippen LogP contribution in [0.5, 0.6) is 0 Å². The molecule has 5 heteroatoms. The summed E-state index contributed by atoms with van der Waals surface area (Å²) in [6.45, 7) is 12.4. The fourth-order valence-corrected chi connectivity index (χ4v) is 1.79. The number of ether oxygens (including phenoxy) is 1. The zero-order valence-electron chi connectivity index (χ0n) is 11.2. The summed E-state index contributed by atoms with van der Waals surface area (Å²) >= 11 is 0. The van der Waals surface area contributed by atoms with Crippen molar-refractivity contribution in [1.29, 1.82) is 5.26 Å². The molecule has 0 aliphatic rings. The molecule has 0 N–H and O–H groups in total. The molecule has 0 aliphatic carbocycles. The number of esters is 1. The van der Waals surface area contributed by atoms with Crippen molar-refractivity contribution in [2.75, 3.05) is 6.61 Å². The van der Waals surface area contributed by atoms with Crippen LogP contribution in [0, 0.1) is 24.8 Å². The van der Waals surface area contributed by atoms with Crippen LogP contribution in [-0.4, -0.2) is 23.6 Å². The largest absolute Gasteiger partial charge is 0.465 e. The van der Waals surface area contributed by atoms with Gasteiger partial charge in [-0.15, -0.1) is 0 Å². The van der Waals surface area contributed by atoms with E-state index in [2.05, 4.69) is 9.83 Å². The highest BCUT2D eigenvalue weighted by Crippen LogP contribution is 2.31. The number of nitrogens with zero attached hydrogens (tertiary/aromatic N) is 3. The van der Waals surface area contributed by atoms with E-state index in [0.29, 0.717) is 5.56 Å². The van der Waals surface area contributed by atoms with Crippen LogP contribution in [0.4, 0.5) is 0 Å². The van der Waals surface area contributed by atoms with Crippen LogP contribution in [0.1, 0.15) is 25.0 Å². The van der Waals surface area contributed by atoms with Gasteiger partial charge in [0.15, 0.2) is 11.5 Å². The molecule has 0 radical (unpaired) electrons. The van der Waals surface area contributed by atoms with Crippen LogP contribution in [0.25, 0.3) is 4.85 Å². The van der Waals surface area contributed by atoms with Gasteiger partial charge in [-0.25, -0.2) is 6.57 Å². The van der Waals surface area contributed by atoms with Gasteiger partial charge in [-0.2, -0.15) is 5.26 Å². The molecule has 19 heavy (non-hydrogen) atoms. The smallest absolute Gasteiger partial charge is 0.326 e. The SMILES string of the molecule is [C-]#[N+]C(C#N)C(C)(C(=O)OCC)c1cncc(C)c1. The summed E-state index contributed by atoms with van der Waals surface area (Å²) in [7, 11) is 0. The van der Waals surface area contributed by atoms with Crippen molar-refractivity contribution in [2.45, 2.75) is 32.2 Å². The molecule has 5 nitrogen and oxygen atoms in total. The van der Waals surface area contributed by atoms with Crippen molar-refractivity contribution in [2.24, 2.45) is 0 Å². The second-order valence-corrected chi connectivity index (χ2v) is 4.33. The van der Waals surface area contributed by atoms with E-state index in [-0.39, 0.29) is 6.61 Å². The first-order chi connectivity index (χ1) is 9.00. The third-order valence-corrected chi connectivity index (χ3v) is 2.97. The van der Waals surface area contributed by atoms with Crippen molar-refractivity contribution < 1.29 is 9.53 Å². The summed E-state index contributed by atoms with van der Waals surface area (Å²) in [6, 6.07) is 2.47. The predicted octanol–water partition coefficient (Wildman–Crippen LogP) is 2.02. The van der Waals surface area contributed by atoms with E-state index in [0.717, 1.165) is 5.56 Å². The molecule has 0 spiro atoms. The summed E-state index contributed by atoms with van der Waals surface area (Å²) in [6.07, 6.45) is 3.15. The highest BCUT2D eigenvalue weighted by atomic mass is 16.5. The predicted molar refractivity (Wildman–Crippen MR) is 69.0 cm³/mol. The van der Waals surface area contributed by atoms with Gasteiger partial charge in [-0.3, -0.25) is 14.6 Å². The summed E-state index contributed by atoms with van der Waals surface area (Å²) in [4.78, 5) is 19.5. The first-order valence-electron chi connectivity index (χ1n) is 5.86. The molecule has 1 rings (SSSR count). The highest BCUT2D eigenvalue weighted by Gasteiger charge is 2.50. The van der Waals surface area contributed by atoms with Gasteiger partial charge in [-0.1, -0.05) is 6.07 Å². The van der Waals surface area contributed by atoms with Crippen molar-refractivity contribution in [3.63, 3.8) is 0 Å². The Balaban J connectivity index is 3.40. The van der Waals surface area contributed by atoms with Crippen molar-refractivity contribution in [1.82, 2.24) is 4.98 Å². The minimum atomic E-state index is -1.33. The van der Waals surface area contributed by atoms with Crippen LogP contribution >= 0.6 is 0 Å². The number of carbonyl (C=O) groups is 1. The van der Waals surface area contributed by atoms with Crippen molar-refractivity contribution in [3.05, 3.63) is 41.0 Å². The first kappa shape index (κ1) is 14.7. The molecule has 1 aromatic rings. The van der Waals surface area contributed by atoms with E-state index in [1.807, 2.05) is 13.0 Å². The van der Waals surface area contributed by atoms with Gasteiger partial charge >= 0.3 is 12.0 Å². The molecular formula is C14H15N3O2. The number of carbonyl (C=O) groups excluding carboxylic acids is 1. The lowest BCUT2D eigenvalue weighted by Crippen LogP contribution is -2.43. The highest BCUT2D eigenvalue weighted by molar-refractivity contribution is 5.85. The van der Waals surface area contributed by atoms with Gasteiger partial charge < -0.3 is 4.74 Å². The standard InChI is InChI=1S/C14H15N3O2/c1-5-19-13(18)14(3,12(7-15)16-4)11-6-10(2)8-17-9-11/h6,8-9,12H,5H2,1-3H3. The minimum Gasteiger partial charge on any atom is -0.465 e. The van der Waals surface area contributed by atoms with Gasteiger partial charge in [0.05, 0.1) is 6.61 Å². The lowest BCUT2D eigenvalue weighted by molar-refractivity contribution is -0.149. The topological polar surface area (TPSA) is 67.3 Å². The normalized spacial score (nSPS) is 14.6. The quantitative estimate of drug-likeness (QED) is 0.611. The second kappa shape index (κ2) is 5.97. The fourth-order valence-electron chi connectivity index (χ4n) is 1.79. The van der Waals surface area contributed by atoms with E-state index in [1.54, 1.807) is 26.1 Å². The Morgan fingerprint density at radius 3 is 2.84 bits per heavy atom. The van der Waals surface area contributed by atoms with Gasteiger partial charge in [0.2, 0.25) is 0 Å². The molecular weight excluding hydrogens is 242 g/mol. The number of aromatic nitrogens is 1. The summed E-state index contributed by atoms with van der Waals surface area (Å²) in [5, 5.41) is 9.12. The third-order valence-electron chi connectivity index (χ3n) is 2.97. The third kappa shape index (κ3) is 2.71. The Morgan fingerprint density at radius 2 is 2.37 bits per heavy atom. The Labute approximate surface area is 112 Å². The number of aryl methyl sites for hydroxylation is 1. The molecule has 0 aliphatic heterocycles. The van der Waals surface area contributed by atoms with Crippen LogP contribution < -0.4 is 0 Å². The summed E-state index contributed by atoms with van der Waals surface area (Å²) in [5.41, 5.74) is 0.0501. The molecule has 98 valence electrons. The van der Waals surface area contributed by atoms with Gasteiger partial charge in [0, 0.05) is 12.4 Å². The maximum Gasteiger partial charge on any atom is 0.326 e. The molecule has 1 heterocycles. The lowest BCUT2D eigenvalue weighted by atomic mass is 9.77. The molecule has 1 aromatic heterocycles. The maximum atomic E-state index is 12.2. The molecule has 2 unspecified atom stereocenters. The van der Waals surface area contributed by atoms with E-state index < -0.39 is 17.4 Å². The van der Waals surface area contributed by atoms with Crippen molar-refractivity contribution in [3.8, 4) is 6.07 Å². The Hall–Kier alpha value is -2.40. The van der Waals surface area contributed by atoms with E-state index in [4.69, 9.17) is 16.6 Å². The average molecular weight is 257 g/mol. The number of rotatable bonds is 4. The lowest BCUT2D eigenvalue weighted by Gasteiger charge is -2.25. The number of nitriles is 1. The maximum absolute atomic E-state index is 12.2. The van der Waals surface area contributed by atoms with Gasteiger partial charge in [0.25, 0.3) is 0 Å². The monoisotopic (exact) mass is 257 g/mol. The number of hydrogen-bond donors (Lipinski definition) is 0. The van der Waals surface area contributed by atoms with Crippen molar-refractivity contribution >= 4 is 5.97 Å². The van der Waals surface area contributed by atoms with Crippen LogP contribution in [0.3, 0.4) is 0 Å². The number of hydrogen-bond acceptors (Lipinski definition) is 4. The zero-order chi connectivity index (χ0) is 14.5. The molecule has 0 saturated heterocycles. The van der Waals surface area contributed by atoms with Gasteiger partial charge in [-0.05, 0) is 31.9 Å². The average Bonchev–Trinajstić information content (AvgIpc) is 2.40. The van der Waals surface area contributed by atoms with Crippen LogP contribution in [0.15, 0.2) is 18.5 Å². The zero-order valence-corrected chi connectivity index (χ0v) is 11.2. The van der Waals surface area contributed by atoms with Crippen LogP contribution in [0.2, 0.25) is 0 Å². The first-order valence-corrected chi connectivity index (χ1v) is 5.86. The molecule has 0 aromatic carbocycles. The molecule has 0 bridgehead atoms. The summed E-state index contributed by atoms with van der Waals surface area (Å²) < 4.78 is 5.02. The second-order valence-electron chi connectivity index (χ2n) is 4.33. The van der Waals surface area contributed by atoms with E-state index in [9.17, 15) is 4.79 Å². The number of pyridine rings is 1. The Bertz CT molecular complexity index is 543. The molecule has 0 saturated carbocycles. The molecule has 0 amide bonds. The van der Waals surface area contributed by atoms with Crippen LogP contribution in [-0.2, 0) is 14.9 Å². The van der Waals surface area contributed by atoms with E-state index in [1.165, 1.54) is 6.20 Å². The Morgan fingerprint density at radius 1 is 1.68 bits per heavy atom. The Kier molecular flexibility index (Phi) is 4.61. The van der Waals surface area contributed by atoms with E-state index >= 15 is 0 Å². The fraction of sp³-hybridized carbons (Fsp3) is 0.429. The summed E-state index contributed by atoms with van der Waals surface area (Å²) in [5.74, 6) is -0.579. The minimum absolute atomic E-state index is 0.198. The van der Waals surface area contributed by atoms with Gasteiger partial charge in [0.1, 0.15) is 0 Å².